The summed E-state index contributed by atoms with van der Waals surface area (Å²) in [6, 6.07) is 0. The molecule has 0 rings (SSSR count). The van der Waals surface area contributed by atoms with E-state index in [1.807, 2.05) is 0 Å². The van der Waals surface area contributed by atoms with Gasteiger partial charge in [-0.1, -0.05) is 0 Å². The van der Waals surface area contributed by atoms with Crippen LogP contribution in [0.3, 0.4) is 0 Å². The Balaban J connectivity index is 0. The molecule has 4 heavy (non-hydrogen) atoms. The Morgan fingerprint density at radius 2 is 1.00 bits per heavy atom. The topological polar surface area (TPSA) is 28.5 Å². The van der Waals surface area contributed by atoms with Crippen molar-refractivity contribution in [2.45, 2.75) is 0 Å². The minimum absolute atomic E-state index is 0. The summed E-state index contributed by atoms with van der Waals surface area (Å²) in [5.74, 6) is 0. The molecule has 0 aliphatic carbocycles. The standard InChI is InChI=1S/B.Br.O.Sn. The average molecular weight is 225 g/mol. The van der Waals surface area contributed by atoms with Gasteiger partial charge in [0, 0.05) is 54.8 Å². The third-order valence-electron chi connectivity index (χ3n) is 0. The third-order valence-corrected chi connectivity index (χ3v) is 0. The van der Waals surface area contributed by atoms with Crippen LogP contribution in [0.5, 0.6) is 0 Å². The molecule has 0 heterocycles. The normalized spacial score (nSPS) is 0. The Labute approximate surface area is 54.8 Å². The van der Waals surface area contributed by atoms with Crippen LogP contribution in [0.2, 0.25) is 0 Å². The van der Waals surface area contributed by atoms with Crippen LogP contribution in [0.25, 0.3) is 0 Å². The first kappa shape index (κ1) is 57.8. The molecule has 0 aromatic carbocycles. The molecule has 0 spiro atoms. The third kappa shape index (κ3) is 10.3. The van der Waals surface area contributed by atoms with E-state index in [0.29, 0.717) is 0 Å². The smallest absolute Gasteiger partial charge is 0 e. The van der Waals surface area contributed by atoms with Crippen molar-refractivity contribution in [2.24, 2.45) is 0 Å². The molecule has 0 aliphatic rings. The van der Waals surface area contributed by atoms with E-state index in [4.69, 9.17) is 0 Å². The summed E-state index contributed by atoms with van der Waals surface area (Å²) in [5.41, 5.74) is 0. The second-order valence-corrected chi connectivity index (χ2v) is 0. The summed E-state index contributed by atoms with van der Waals surface area (Å²) < 4.78 is 0. The minimum atomic E-state index is 0. The monoisotopic (exact) mass is 226 g/mol. The molecule has 0 bridgehead atoms. The second-order valence-electron chi connectivity index (χ2n) is 0. The molecule has 0 unspecified atom stereocenters. The SMILES string of the molecule is [B].[Br].[O].[Sn]. The van der Waals surface area contributed by atoms with Crippen molar-refractivity contribution in [2.75, 3.05) is 0 Å². The minimum Gasteiger partial charge on any atom is 0 e. The quantitative estimate of drug-likeness (QED) is 0.518. The molecule has 10 radical (unpaired) electrons. The first-order valence-electron chi connectivity index (χ1n) is 0. The molecular formula is BBrOSn. The van der Waals surface area contributed by atoms with Crippen LogP contribution in [0.4, 0.5) is 0 Å². The van der Waals surface area contributed by atoms with Crippen LogP contribution in [-0.4, -0.2) is 32.3 Å². The van der Waals surface area contributed by atoms with Gasteiger partial charge in [0.05, 0.1) is 0 Å². The van der Waals surface area contributed by atoms with Crippen molar-refractivity contribution in [1.82, 2.24) is 0 Å². The predicted molar refractivity (Wildman–Crippen MR) is 21.1 cm³/mol. The van der Waals surface area contributed by atoms with Gasteiger partial charge in [0.1, 0.15) is 0 Å². The van der Waals surface area contributed by atoms with Crippen LogP contribution in [0, 0.1) is 0 Å². The van der Waals surface area contributed by atoms with Crippen molar-refractivity contribution in [3.63, 3.8) is 0 Å². The number of halogens is 1. The Kier molecular flexibility index (Phi) is 399. The summed E-state index contributed by atoms with van der Waals surface area (Å²) in [6.07, 6.45) is 0. The number of hydrogen-bond donors (Lipinski definition) is 0. The Morgan fingerprint density at radius 1 is 1.00 bits per heavy atom. The van der Waals surface area contributed by atoms with Crippen molar-refractivity contribution in [3.8, 4) is 0 Å². The van der Waals surface area contributed by atoms with E-state index < -0.39 is 0 Å². The van der Waals surface area contributed by atoms with Crippen LogP contribution < -0.4 is 0 Å². The molecule has 0 saturated heterocycles. The molecule has 0 N–H and O–H groups in total. The molecule has 0 aromatic heterocycles. The van der Waals surface area contributed by atoms with Gasteiger partial charge < -0.3 is 0 Å². The van der Waals surface area contributed by atoms with Crippen LogP contribution in [-0.2, 0) is 5.48 Å². The molecule has 0 amide bonds. The van der Waals surface area contributed by atoms with Gasteiger partial charge in [-0.3, -0.25) is 0 Å². The summed E-state index contributed by atoms with van der Waals surface area (Å²) in [4.78, 5) is 0. The summed E-state index contributed by atoms with van der Waals surface area (Å²) >= 11 is 0. The van der Waals surface area contributed by atoms with E-state index in [1.54, 1.807) is 0 Å². The van der Waals surface area contributed by atoms with E-state index >= 15 is 0 Å². The van der Waals surface area contributed by atoms with Gasteiger partial charge in [-0.05, 0) is 0 Å². The maximum absolute atomic E-state index is 0. The second kappa shape index (κ2) is 27.6. The van der Waals surface area contributed by atoms with Crippen molar-refractivity contribution >= 4 is 49.3 Å². The first-order valence-corrected chi connectivity index (χ1v) is 0. The van der Waals surface area contributed by atoms with Crippen molar-refractivity contribution in [3.05, 3.63) is 0 Å². The number of hydrogen-bond acceptors (Lipinski definition) is 0. The molecule has 0 aliphatic heterocycles. The zero-order valence-electron chi connectivity index (χ0n) is 1.86. The van der Waals surface area contributed by atoms with Crippen molar-refractivity contribution in [1.29, 1.82) is 0 Å². The zero-order chi connectivity index (χ0) is 0. The fourth-order valence-electron chi connectivity index (χ4n) is 0. The van der Waals surface area contributed by atoms with Crippen LogP contribution >= 0.6 is 17.0 Å². The molecule has 0 atom stereocenters. The number of rotatable bonds is 0. The van der Waals surface area contributed by atoms with Crippen LogP contribution in [0.1, 0.15) is 0 Å². The summed E-state index contributed by atoms with van der Waals surface area (Å²) in [7, 11) is 0. The van der Waals surface area contributed by atoms with Gasteiger partial charge in [0.15, 0.2) is 0 Å². The molecule has 20 valence electrons. The van der Waals surface area contributed by atoms with E-state index in [0.717, 1.165) is 0 Å². The molecule has 4 heteroatoms. The van der Waals surface area contributed by atoms with Gasteiger partial charge in [0.2, 0.25) is 0 Å². The maximum Gasteiger partial charge on any atom is 0 e. The molecule has 1 nitrogen and oxygen atoms in total. The van der Waals surface area contributed by atoms with Gasteiger partial charge >= 0.3 is 0 Å². The maximum atomic E-state index is 0. The van der Waals surface area contributed by atoms with Gasteiger partial charge in [-0.15, -0.1) is 0 Å². The Bertz CT molecular complexity index is 8.00. The van der Waals surface area contributed by atoms with Gasteiger partial charge in [-0.25, -0.2) is 0 Å². The molecule has 0 aromatic rings. The fourth-order valence-corrected chi connectivity index (χ4v) is 0. The van der Waals surface area contributed by atoms with E-state index in [9.17, 15) is 0 Å². The van der Waals surface area contributed by atoms with Crippen molar-refractivity contribution < 1.29 is 5.48 Å². The fraction of sp³-hybridized carbons (Fsp3) is 0. The van der Waals surface area contributed by atoms with E-state index in [2.05, 4.69) is 0 Å². The van der Waals surface area contributed by atoms with Gasteiger partial charge in [0.25, 0.3) is 0 Å². The molecule has 0 saturated carbocycles. The summed E-state index contributed by atoms with van der Waals surface area (Å²) in [6.45, 7) is 0. The Morgan fingerprint density at radius 3 is 1.00 bits per heavy atom. The van der Waals surface area contributed by atoms with Gasteiger partial charge in [-0.2, -0.15) is 0 Å². The first-order chi connectivity index (χ1) is 0. The van der Waals surface area contributed by atoms with Crippen LogP contribution in [0.15, 0.2) is 0 Å². The van der Waals surface area contributed by atoms with E-state index in [-0.39, 0.29) is 54.8 Å². The Hall–Kier alpha value is 1.30. The largest absolute Gasteiger partial charge is 0 e. The molecular weight excluding hydrogens is 225 g/mol. The van der Waals surface area contributed by atoms with E-state index in [1.165, 1.54) is 0 Å². The molecule has 0 fully saturated rings. The predicted octanol–water partition coefficient (Wildman–Crippen LogP) is -0.0348. The zero-order valence-corrected chi connectivity index (χ0v) is 6.30. The summed E-state index contributed by atoms with van der Waals surface area (Å²) in [5, 5.41) is 0. The average Bonchev–Trinajstić information content (AvgIpc) is 0.